The molecule has 1 saturated carbocycles. The number of Topliss-reactive ketones (excluding diaryl/α,β-unsaturated/α-hetero) is 1. The van der Waals surface area contributed by atoms with Crippen molar-refractivity contribution in [3.05, 3.63) is 9.27 Å². The van der Waals surface area contributed by atoms with Crippen LogP contribution in [0.5, 0.6) is 0 Å². The predicted octanol–water partition coefficient (Wildman–Crippen LogP) is 3.63. The van der Waals surface area contributed by atoms with Gasteiger partial charge in [-0.3, -0.25) is 4.79 Å². The Kier molecular flexibility index (Phi) is 3.86. The van der Waals surface area contributed by atoms with E-state index in [2.05, 4.69) is 0 Å². The minimum atomic E-state index is 0.325. The Bertz CT molecular complexity index is 267. The molecule has 1 atom stereocenters. The molecule has 1 heterocycles. The molecule has 2 fully saturated rings. The van der Waals surface area contributed by atoms with E-state index in [4.69, 9.17) is 11.6 Å². The highest BCUT2D eigenvalue weighted by molar-refractivity contribution is 8.25. The number of carbonyl (C=O) groups is 1. The zero-order valence-electron chi connectivity index (χ0n) is 7.92. The molecular weight excluding hydrogens is 236 g/mol. The van der Waals surface area contributed by atoms with Crippen molar-refractivity contribution < 1.29 is 4.79 Å². The Morgan fingerprint density at radius 1 is 1.36 bits per heavy atom. The van der Waals surface area contributed by atoms with E-state index in [0.29, 0.717) is 18.1 Å². The van der Waals surface area contributed by atoms with Gasteiger partial charge in [-0.2, -0.15) is 0 Å². The van der Waals surface area contributed by atoms with Crippen LogP contribution >= 0.6 is 35.1 Å². The number of halogens is 1. The van der Waals surface area contributed by atoms with Crippen LogP contribution in [0.4, 0.5) is 0 Å². The van der Waals surface area contributed by atoms with E-state index in [1.165, 1.54) is 4.24 Å². The van der Waals surface area contributed by atoms with E-state index < -0.39 is 0 Å². The highest BCUT2D eigenvalue weighted by Crippen LogP contribution is 2.44. The second-order valence-corrected chi connectivity index (χ2v) is 6.54. The first-order chi connectivity index (χ1) is 6.77. The van der Waals surface area contributed by atoms with Crippen molar-refractivity contribution in [2.45, 2.75) is 25.7 Å². The van der Waals surface area contributed by atoms with Crippen molar-refractivity contribution in [2.75, 3.05) is 11.5 Å². The highest BCUT2D eigenvalue weighted by atomic mass is 35.5. The van der Waals surface area contributed by atoms with Crippen LogP contribution in [0, 0.1) is 5.92 Å². The van der Waals surface area contributed by atoms with Crippen LogP contribution in [-0.4, -0.2) is 17.3 Å². The smallest absolute Gasteiger partial charge is 0.133 e. The van der Waals surface area contributed by atoms with E-state index in [0.717, 1.165) is 35.8 Å². The summed E-state index contributed by atoms with van der Waals surface area (Å²) in [5, 5.41) is 0.963. The molecule has 4 heteroatoms. The minimum absolute atomic E-state index is 0.325. The molecule has 0 aromatic carbocycles. The topological polar surface area (TPSA) is 17.1 Å². The Balaban J connectivity index is 2.05. The number of allylic oxidation sites excluding steroid dienone is 1. The van der Waals surface area contributed by atoms with E-state index >= 15 is 0 Å². The molecule has 1 unspecified atom stereocenters. The van der Waals surface area contributed by atoms with Crippen LogP contribution in [-0.2, 0) is 4.79 Å². The maximum atomic E-state index is 11.3. The number of rotatable bonds is 1. The van der Waals surface area contributed by atoms with Crippen molar-refractivity contribution in [3.63, 3.8) is 0 Å². The monoisotopic (exact) mass is 248 g/mol. The third kappa shape index (κ3) is 2.50. The fourth-order valence-electron chi connectivity index (χ4n) is 1.86. The fourth-order valence-corrected chi connectivity index (χ4v) is 4.85. The molecule has 14 heavy (non-hydrogen) atoms. The van der Waals surface area contributed by atoms with Crippen LogP contribution in [0.25, 0.3) is 0 Å². The van der Waals surface area contributed by atoms with Crippen molar-refractivity contribution in [2.24, 2.45) is 5.92 Å². The minimum Gasteiger partial charge on any atom is -0.300 e. The predicted molar refractivity (Wildman–Crippen MR) is 64.8 cm³/mol. The first-order valence-electron chi connectivity index (χ1n) is 4.94. The first-order valence-corrected chi connectivity index (χ1v) is 7.29. The number of ketones is 1. The zero-order chi connectivity index (χ0) is 9.97. The van der Waals surface area contributed by atoms with Gasteiger partial charge < -0.3 is 0 Å². The highest BCUT2D eigenvalue weighted by Gasteiger charge is 2.25. The summed E-state index contributed by atoms with van der Waals surface area (Å²) in [7, 11) is 0. The molecule has 1 aliphatic carbocycles. The fraction of sp³-hybridized carbons (Fsp3) is 0.700. The average molecular weight is 249 g/mol. The number of hydrogen-bond acceptors (Lipinski definition) is 3. The number of hydrogen-bond donors (Lipinski definition) is 0. The third-order valence-corrected chi connectivity index (χ3v) is 6.05. The second kappa shape index (κ2) is 4.95. The first kappa shape index (κ1) is 10.9. The van der Waals surface area contributed by atoms with Gasteiger partial charge in [-0.25, -0.2) is 0 Å². The van der Waals surface area contributed by atoms with Crippen molar-refractivity contribution in [1.82, 2.24) is 0 Å². The van der Waals surface area contributed by atoms with Crippen molar-refractivity contribution >= 4 is 40.9 Å². The lowest BCUT2D eigenvalue weighted by Crippen LogP contribution is -2.15. The number of carbonyl (C=O) groups excluding carboxylic acids is 1. The van der Waals surface area contributed by atoms with Gasteiger partial charge in [0.2, 0.25) is 0 Å². The van der Waals surface area contributed by atoms with Crippen LogP contribution in [0.15, 0.2) is 9.27 Å². The summed E-state index contributed by atoms with van der Waals surface area (Å²) in [6, 6.07) is 0. The van der Waals surface area contributed by atoms with Gasteiger partial charge in [0.25, 0.3) is 0 Å². The van der Waals surface area contributed by atoms with Crippen LogP contribution in [0.2, 0.25) is 0 Å². The van der Waals surface area contributed by atoms with Crippen LogP contribution < -0.4 is 0 Å². The van der Waals surface area contributed by atoms with E-state index in [9.17, 15) is 4.79 Å². The van der Waals surface area contributed by atoms with Crippen LogP contribution in [0.1, 0.15) is 25.7 Å². The summed E-state index contributed by atoms with van der Waals surface area (Å²) in [5.74, 6) is 3.03. The lowest BCUT2D eigenvalue weighted by atomic mass is 9.88. The van der Waals surface area contributed by atoms with Gasteiger partial charge in [0.1, 0.15) is 5.78 Å². The molecule has 1 saturated heterocycles. The van der Waals surface area contributed by atoms with Gasteiger partial charge >= 0.3 is 0 Å². The normalized spacial score (nSPS) is 28.2. The molecule has 0 amide bonds. The third-order valence-electron chi connectivity index (χ3n) is 2.59. The molecule has 0 N–H and O–H groups in total. The Hall–Kier alpha value is 0.400. The Labute approximate surface area is 98.0 Å². The molecule has 1 aliphatic heterocycles. The summed E-state index contributed by atoms with van der Waals surface area (Å²) in [5.41, 5.74) is 0. The lowest BCUT2D eigenvalue weighted by molar-refractivity contribution is -0.121. The van der Waals surface area contributed by atoms with Gasteiger partial charge in [-0.1, -0.05) is 11.6 Å². The van der Waals surface area contributed by atoms with E-state index in [1.807, 2.05) is 23.5 Å². The van der Waals surface area contributed by atoms with Gasteiger partial charge in [-0.15, -0.1) is 23.5 Å². The summed E-state index contributed by atoms with van der Waals surface area (Å²) in [4.78, 5) is 11.3. The van der Waals surface area contributed by atoms with Crippen molar-refractivity contribution in [1.29, 1.82) is 0 Å². The van der Waals surface area contributed by atoms with Crippen LogP contribution in [0.3, 0.4) is 0 Å². The van der Waals surface area contributed by atoms with Gasteiger partial charge in [0.15, 0.2) is 0 Å². The summed E-state index contributed by atoms with van der Waals surface area (Å²) < 4.78 is 1.27. The molecule has 1 nitrogen and oxygen atoms in total. The standard InChI is InChI=1S/C10H13ClOS2/c11-9(10-13-4-5-14-10)7-2-1-3-8(12)6-7/h7H,1-6H2. The quantitative estimate of drug-likeness (QED) is 0.706. The molecular formula is C10H13ClOS2. The molecule has 0 radical (unpaired) electrons. The SMILES string of the molecule is O=C1CCCC(C(Cl)=C2SCCS2)C1. The van der Waals surface area contributed by atoms with E-state index in [1.54, 1.807) is 0 Å². The van der Waals surface area contributed by atoms with Gasteiger partial charge in [-0.05, 0) is 12.8 Å². The Morgan fingerprint density at radius 2 is 2.07 bits per heavy atom. The molecule has 0 spiro atoms. The molecule has 2 rings (SSSR count). The maximum Gasteiger partial charge on any atom is 0.133 e. The second-order valence-electron chi connectivity index (χ2n) is 3.66. The molecule has 0 aromatic rings. The summed E-state index contributed by atoms with van der Waals surface area (Å²) >= 11 is 10.0. The van der Waals surface area contributed by atoms with Gasteiger partial charge in [0, 0.05) is 35.3 Å². The molecule has 0 bridgehead atoms. The molecule has 0 aromatic heterocycles. The van der Waals surface area contributed by atoms with Gasteiger partial charge in [0.05, 0.1) is 4.24 Å². The number of thioether (sulfide) groups is 2. The largest absolute Gasteiger partial charge is 0.300 e. The maximum absolute atomic E-state index is 11.3. The van der Waals surface area contributed by atoms with E-state index in [-0.39, 0.29) is 0 Å². The molecule has 78 valence electrons. The summed E-state index contributed by atoms with van der Waals surface area (Å²) in [6.45, 7) is 0. The lowest BCUT2D eigenvalue weighted by Gasteiger charge is -2.21. The zero-order valence-corrected chi connectivity index (χ0v) is 10.3. The Morgan fingerprint density at radius 3 is 2.71 bits per heavy atom. The molecule has 2 aliphatic rings. The average Bonchev–Trinajstić information content (AvgIpc) is 2.69. The summed E-state index contributed by atoms with van der Waals surface area (Å²) in [6.07, 6.45) is 3.54. The van der Waals surface area contributed by atoms with Crippen molar-refractivity contribution in [3.8, 4) is 0 Å².